The molecule has 2 rings (SSSR count). The number of rotatable bonds is 4. The molecule has 98 valence electrons. The van der Waals surface area contributed by atoms with Crippen LogP contribution in [0.3, 0.4) is 0 Å². The lowest BCUT2D eigenvalue weighted by Gasteiger charge is -1.86. The highest BCUT2D eigenvalue weighted by Crippen LogP contribution is 2.21. The van der Waals surface area contributed by atoms with Crippen LogP contribution in [0.1, 0.15) is 19.4 Å². The number of hydrogen-bond donors (Lipinski definition) is 1. The Morgan fingerprint density at radius 2 is 1.78 bits per heavy atom. The number of para-hydroxylation sites is 1. The lowest BCUT2D eigenvalue weighted by atomic mass is 10.2. The third-order valence-corrected chi connectivity index (χ3v) is 3.20. The fourth-order valence-corrected chi connectivity index (χ4v) is 1.96. The van der Waals surface area contributed by atoms with Gasteiger partial charge in [0.25, 0.3) is 0 Å². The number of aromatic amines is 1. The maximum atomic E-state index is 10.3. The van der Waals surface area contributed by atoms with E-state index in [4.69, 9.17) is 0 Å². The van der Waals surface area contributed by atoms with Gasteiger partial charge in [-0.3, -0.25) is 0 Å². The van der Waals surface area contributed by atoms with Crippen molar-refractivity contribution in [3.8, 4) is 0 Å². The molecular formula is C13H19NO3P+. The van der Waals surface area contributed by atoms with E-state index in [1.54, 1.807) is 13.8 Å². The number of H-pyrrole nitrogens is 1. The van der Waals surface area contributed by atoms with E-state index in [-0.39, 0.29) is 0 Å². The first-order valence-electron chi connectivity index (χ1n) is 5.94. The minimum absolute atomic E-state index is 0.440. The van der Waals surface area contributed by atoms with E-state index in [9.17, 15) is 4.57 Å². The third-order valence-electron chi connectivity index (χ3n) is 2.27. The Labute approximate surface area is 108 Å². The number of benzene rings is 1. The molecule has 0 radical (unpaired) electrons. The van der Waals surface area contributed by atoms with Crippen LogP contribution in [0, 0.1) is 6.92 Å². The van der Waals surface area contributed by atoms with Gasteiger partial charge in [0.1, 0.15) is 13.2 Å². The summed E-state index contributed by atoms with van der Waals surface area (Å²) in [4.78, 5) is 3.19. The van der Waals surface area contributed by atoms with Crippen LogP contribution in [0.15, 0.2) is 30.5 Å². The average Bonchev–Trinajstić information content (AvgIpc) is 2.73. The van der Waals surface area contributed by atoms with Crippen molar-refractivity contribution < 1.29 is 13.6 Å². The van der Waals surface area contributed by atoms with Gasteiger partial charge in [0.15, 0.2) is 0 Å². The van der Waals surface area contributed by atoms with Crippen LogP contribution in [-0.4, -0.2) is 18.2 Å². The van der Waals surface area contributed by atoms with Gasteiger partial charge in [0, 0.05) is 21.7 Å². The minimum Gasteiger partial charge on any atom is -0.361 e. The number of hydrogen-bond acceptors (Lipinski definition) is 3. The van der Waals surface area contributed by atoms with E-state index in [1.165, 1.54) is 16.5 Å². The summed E-state index contributed by atoms with van der Waals surface area (Å²) >= 11 is 0. The molecule has 1 aromatic heterocycles. The van der Waals surface area contributed by atoms with Crippen LogP contribution in [0.4, 0.5) is 0 Å². The molecule has 0 fully saturated rings. The van der Waals surface area contributed by atoms with Gasteiger partial charge in [-0.05, 0) is 32.4 Å². The lowest BCUT2D eigenvalue weighted by Crippen LogP contribution is -1.81. The molecule has 1 heterocycles. The predicted molar refractivity (Wildman–Crippen MR) is 73.9 cm³/mol. The van der Waals surface area contributed by atoms with Gasteiger partial charge >= 0.3 is 8.25 Å². The molecule has 0 amide bonds. The standard InChI is InChI=1S/C9H9N.C4H10O3P/c1-7-6-10-9-5-3-2-4-8(7)9;1-3-6-8(5)7-4-2/h2-6,10H,1H3;3-4H2,1-2H3/q;+1. The first-order chi connectivity index (χ1) is 8.69. The quantitative estimate of drug-likeness (QED) is 0.846. The second kappa shape index (κ2) is 7.98. The zero-order valence-corrected chi connectivity index (χ0v) is 11.9. The van der Waals surface area contributed by atoms with Crippen molar-refractivity contribution in [1.82, 2.24) is 4.98 Å². The number of aromatic nitrogens is 1. The van der Waals surface area contributed by atoms with Crippen LogP contribution >= 0.6 is 8.25 Å². The molecule has 1 aromatic carbocycles. The Bertz CT molecular complexity index is 488. The summed E-state index contributed by atoms with van der Waals surface area (Å²) in [5.74, 6) is 0. The van der Waals surface area contributed by atoms with E-state index in [0.717, 1.165) is 0 Å². The van der Waals surface area contributed by atoms with Crippen LogP contribution in [0.2, 0.25) is 0 Å². The van der Waals surface area contributed by atoms with Crippen molar-refractivity contribution in [1.29, 1.82) is 0 Å². The summed E-state index contributed by atoms with van der Waals surface area (Å²) in [5.41, 5.74) is 2.54. The Hall–Kier alpha value is -1.22. The number of fused-ring (bicyclic) bond motifs is 1. The van der Waals surface area contributed by atoms with E-state index in [0.29, 0.717) is 13.2 Å². The third kappa shape index (κ3) is 4.57. The van der Waals surface area contributed by atoms with Crippen LogP contribution in [-0.2, 0) is 13.6 Å². The molecule has 0 bridgehead atoms. The molecule has 0 unspecified atom stereocenters. The Balaban J connectivity index is 0.000000187. The summed E-state index contributed by atoms with van der Waals surface area (Å²) in [6.45, 7) is 6.53. The summed E-state index contributed by atoms with van der Waals surface area (Å²) in [5, 5.41) is 1.32. The van der Waals surface area contributed by atoms with E-state index in [1.807, 2.05) is 12.3 Å². The second-order valence-corrected chi connectivity index (χ2v) is 4.54. The van der Waals surface area contributed by atoms with Crippen LogP contribution in [0.5, 0.6) is 0 Å². The molecule has 0 saturated carbocycles. The van der Waals surface area contributed by atoms with E-state index in [2.05, 4.69) is 39.2 Å². The zero-order chi connectivity index (χ0) is 13.4. The molecule has 0 spiro atoms. The SMILES string of the molecule is CCO[P+](=O)OCC.Cc1c[nH]c2ccccc12. The zero-order valence-electron chi connectivity index (χ0n) is 11.0. The Morgan fingerprint density at radius 3 is 2.33 bits per heavy atom. The van der Waals surface area contributed by atoms with Gasteiger partial charge < -0.3 is 4.98 Å². The summed E-state index contributed by atoms with van der Waals surface area (Å²) < 4.78 is 19.5. The highest BCUT2D eigenvalue weighted by Gasteiger charge is 2.15. The van der Waals surface area contributed by atoms with Gasteiger partial charge in [0.2, 0.25) is 0 Å². The van der Waals surface area contributed by atoms with Gasteiger partial charge in [-0.1, -0.05) is 18.2 Å². The van der Waals surface area contributed by atoms with Crippen LogP contribution < -0.4 is 0 Å². The molecular weight excluding hydrogens is 249 g/mol. The van der Waals surface area contributed by atoms with Crippen molar-refractivity contribution in [2.24, 2.45) is 0 Å². The summed E-state index contributed by atoms with van der Waals surface area (Å²) in [6.07, 6.45) is 2.03. The predicted octanol–water partition coefficient (Wildman–Crippen LogP) is 4.19. The van der Waals surface area contributed by atoms with E-state index < -0.39 is 8.25 Å². The van der Waals surface area contributed by atoms with Gasteiger partial charge in [0.05, 0.1) is 0 Å². The molecule has 2 aromatic rings. The van der Waals surface area contributed by atoms with E-state index >= 15 is 0 Å². The highest BCUT2D eigenvalue weighted by atomic mass is 31.1. The minimum atomic E-state index is -1.83. The van der Waals surface area contributed by atoms with Crippen molar-refractivity contribution >= 4 is 19.2 Å². The van der Waals surface area contributed by atoms with Gasteiger partial charge in [-0.15, -0.1) is 9.05 Å². The molecule has 0 atom stereocenters. The average molecular weight is 268 g/mol. The fourth-order valence-electron chi connectivity index (χ4n) is 1.46. The molecule has 0 aliphatic carbocycles. The maximum Gasteiger partial charge on any atom is 0.697 e. The maximum absolute atomic E-state index is 10.3. The molecule has 0 saturated heterocycles. The largest absolute Gasteiger partial charge is 0.697 e. The first kappa shape index (κ1) is 14.8. The number of aryl methyl sites for hydroxylation is 1. The Kier molecular flexibility index (Phi) is 6.58. The van der Waals surface area contributed by atoms with Crippen molar-refractivity contribution in [3.05, 3.63) is 36.0 Å². The summed E-state index contributed by atoms with van der Waals surface area (Å²) in [6, 6.07) is 8.31. The lowest BCUT2D eigenvalue weighted by molar-refractivity contribution is 0.243. The topological polar surface area (TPSA) is 51.3 Å². The molecule has 5 heteroatoms. The number of nitrogens with one attached hydrogen (secondary N) is 1. The van der Waals surface area contributed by atoms with Crippen molar-refractivity contribution in [2.45, 2.75) is 20.8 Å². The smallest absolute Gasteiger partial charge is 0.361 e. The first-order valence-corrected chi connectivity index (χ1v) is 7.04. The molecule has 1 N–H and O–H groups in total. The Morgan fingerprint density at radius 1 is 1.17 bits per heavy atom. The second-order valence-electron chi connectivity index (χ2n) is 3.58. The van der Waals surface area contributed by atoms with Crippen molar-refractivity contribution in [2.75, 3.05) is 13.2 Å². The molecule has 0 aliphatic rings. The van der Waals surface area contributed by atoms with Crippen LogP contribution in [0.25, 0.3) is 10.9 Å². The fraction of sp³-hybridized carbons (Fsp3) is 0.385. The monoisotopic (exact) mass is 268 g/mol. The van der Waals surface area contributed by atoms with Crippen molar-refractivity contribution in [3.63, 3.8) is 0 Å². The molecule has 0 aliphatic heterocycles. The normalized spacial score (nSPS) is 9.94. The highest BCUT2D eigenvalue weighted by molar-refractivity contribution is 7.33. The molecule has 18 heavy (non-hydrogen) atoms. The van der Waals surface area contributed by atoms with Gasteiger partial charge in [-0.2, -0.15) is 0 Å². The van der Waals surface area contributed by atoms with Gasteiger partial charge in [-0.25, -0.2) is 0 Å². The molecule has 4 nitrogen and oxygen atoms in total. The summed E-state index contributed by atoms with van der Waals surface area (Å²) in [7, 11) is -1.83.